The molecule has 0 aliphatic heterocycles. The van der Waals surface area contributed by atoms with Gasteiger partial charge in [-0.2, -0.15) is 0 Å². The fourth-order valence-corrected chi connectivity index (χ4v) is 0.565. The van der Waals surface area contributed by atoms with E-state index in [2.05, 4.69) is 0 Å². The quantitative estimate of drug-likeness (QED) is 0.425. The summed E-state index contributed by atoms with van der Waals surface area (Å²) in [5.41, 5.74) is -0.448. The Morgan fingerprint density at radius 3 is 2.33 bits per heavy atom. The van der Waals surface area contributed by atoms with Crippen LogP contribution in [-0.2, 0) is 9.53 Å². The summed E-state index contributed by atoms with van der Waals surface area (Å²) in [6.45, 7) is 5.98. The van der Waals surface area contributed by atoms with E-state index in [-0.39, 0.29) is 0 Å². The third kappa shape index (κ3) is 3.76. The molecule has 0 saturated carbocycles. The molecule has 0 saturated heterocycles. The van der Waals surface area contributed by atoms with E-state index in [0.29, 0.717) is 6.47 Å². The normalized spacial score (nSPS) is 11.9. The highest BCUT2D eigenvalue weighted by atomic mass is 16.5. The molecule has 0 aliphatic rings. The van der Waals surface area contributed by atoms with Crippen molar-refractivity contribution in [3.63, 3.8) is 0 Å². The van der Waals surface area contributed by atoms with Crippen molar-refractivity contribution in [3.8, 4) is 0 Å². The Hall–Kier alpha value is -0.790. The lowest BCUT2D eigenvalue weighted by Crippen LogP contribution is -2.19. The standard InChI is InChI=1S/C7H12O2/c1-4-5-7(2,3)9-6-8/h4-6H,1-3H3/b5-4+. The summed E-state index contributed by atoms with van der Waals surface area (Å²) >= 11 is 0. The van der Waals surface area contributed by atoms with Gasteiger partial charge in [-0.25, -0.2) is 0 Å². The zero-order chi connectivity index (χ0) is 7.33. The third-order valence-electron chi connectivity index (χ3n) is 0.920. The van der Waals surface area contributed by atoms with Gasteiger partial charge in [0.2, 0.25) is 0 Å². The van der Waals surface area contributed by atoms with Gasteiger partial charge in [0.05, 0.1) is 0 Å². The molecule has 0 rings (SSSR count). The van der Waals surface area contributed by atoms with Crippen LogP contribution in [-0.4, -0.2) is 12.1 Å². The molecule has 0 radical (unpaired) electrons. The molecule has 0 atom stereocenters. The first-order valence-corrected chi connectivity index (χ1v) is 2.87. The summed E-state index contributed by atoms with van der Waals surface area (Å²) in [6, 6.07) is 0. The van der Waals surface area contributed by atoms with Crippen molar-refractivity contribution >= 4 is 6.47 Å². The maximum atomic E-state index is 9.84. The van der Waals surface area contributed by atoms with Crippen LogP contribution in [0.2, 0.25) is 0 Å². The molecule has 0 aromatic heterocycles. The van der Waals surface area contributed by atoms with E-state index < -0.39 is 5.60 Å². The molecule has 0 spiro atoms. The second-order valence-electron chi connectivity index (χ2n) is 2.32. The molecule has 0 amide bonds. The van der Waals surface area contributed by atoms with Gasteiger partial charge in [-0.05, 0) is 26.8 Å². The molecule has 0 unspecified atom stereocenters. The summed E-state index contributed by atoms with van der Waals surface area (Å²) in [6.07, 6.45) is 3.67. The Labute approximate surface area is 55.5 Å². The van der Waals surface area contributed by atoms with E-state index in [1.165, 1.54) is 0 Å². The van der Waals surface area contributed by atoms with Gasteiger partial charge in [0, 0.05) is 0 Å². The van der Waals surface area contributed by atoms with Crippen molar-refractivity contribution < 1.29 is 9.53 Å². The Morgan fingerprint density at radius 1 is 1.44 bits per heavy atom. The second kappa shape index (κ2) is 3.28. The van der Waals surface area contributed by atoms with Gasteiger partial charge in [0.1, 0.15) is 5.60 Å². The molecular weight excluding hydrogens is 116 g/mol. The lowest BCUT2D eigenvalue weighted by atomic mass is 10.1. The number of rotatable bonds is 3. The summed E-state index contributed by atoms with van der Waals surface area (Å²) in [4.78, 5) is 9.84. The van der Waals surface area contributed by atoms with Crippen LogP contribution in [0.5, 0.6) is 0 Å². The van der Waals surface area contributed by atoms with E-state index in [4.69, 9.17) is 4.74 Å². The smallest absolute Gasteiger partial charge is 0.293 e. The van der Waals surface area contributed by atoms with E-state index in [9.17, 15) is 4.79 Å². The predicted molar refractivity (Wildman–Crippen MR) is 36.0 cm³/mol. The highest BCUT2D eigenvalue weighted by Crippen LogP contribution is 2.08. The fraction of sp³-hybridized carbons (Fsp3) is 0.571. The largest absolute Gasteiger partial charge is 0.458 e. The lowest BCUT2D eigenvalue weighted by Gasteiger charge is -2.16. The summed E-state index contributed by atoms with van der Waals surface area (Å²) in [5.74, 6) is 0. The van der Waals surface area contributed by atoms with Gasteiger partial charge < -0.3 is 4.74 Å². The third-order valence-corrected chi connectivity index (χ3v) is 0.920. The molecular formula is C7H12O2. The number of carbonyl (C=O) groups excluding carboxylic acids is 1. The zero-order valence-corrected chi connectivity index (χ0v) is 6.05. The monoisotopic (exact) mass is 128 g/mol. The maximum absolute atomic E-state index is 9.84. The second-order valence-corrected chi connectivity index (χ2v) is 2.32. The van der Waals surface area contributed by atoms with Crippen molar-refractivity contribution in [1.29, 1.82) is 0 Å². The maximum Gasteiger partial charge on any atom is 0.293 e. The molecule has 2 heteroatoms. The fourth-order valence-electron chi connectivity index (χ4n) is 0.565. The van der Waals surface area contributed by atoms with Crippen LogP contribution in [0.15, 0.2) is 12.2 Å². The average molecular weight is 128 g/mol. The molecule has 0 aromatic rings. The highest BCUT2D eigenvalue weighted by molar-refractivity contribution is 5.38. The summed E-state index contributed by atoms with van der Waals surface area (Å²) in [7, 11) is 0. The van der Waals surface area contributed by atoms with Gasteiger partial charge in [0.15, 0.2) is 0 Å². The number of carbonyl (C=O) groups is 1. The molecule has 52 valence electrons. The minimum absolute atomic E-state index is 0.448. The van der Waals surface area contributed by atoms with Gasteiger partial charge in [-0.15, -0.1) is 0 Å². The Kier molecular flexibility index (Phi) is 2.99. The minimum Gasteiger partial charge on any atom is -0.458 e. The van der Waals surface area contributed by atoms with Crippen molar-refractivity contribution in [2.75, 3.05) is 0 Å². The van der Waals surface area contributed by atoms with E-state index >= 15 is 0 Å². The van der Waals surface area contributed by atoms with Crippen LogP contribution in [0.4, 0.5) is 0 Å². The zero-order valence-electron chi connectivity index (χ0n) is 6.05. The first-order chi connectivity index (χ1) is 4.12. The van der Waals surface area contributed by atoms with Crippen LogP contribution < -0.4 is 0 Å². The number of ether oxygens (including phenoxy) is 1. The van der Waals surface area contributed by atoms with E-state index in [0.717, 1.165) is 0 Å². The Morgan fingerprint density at radius 2 is 2.00 bits per heavy atom. The molecule has 0 fully saturated rings. The minimum atomic E-state index is -0.448. The molecule has 0 aliphatic carbocycles. The van der Waals surface area contributed by atoms with Crippen molar-refractivity contribution in [2.24, 2.45) is 0 Å². The van der Waals surface area contributed by atoms with E-state index in [1.807, 2.05) is 32.9 Å². The molecule has 9 heavy (non-hydrogen) atoms. The predicted octanol–water partition coefficient (Wildman–Crippen LogP) is 1.51. The van der Waals surface area contributed by atoms with Crippen molar-refractivity contribution in [3.05, 3.63) is 12.2 Å². The SMILES string of the molecule is C/C=C/C(C)(C)OC=O. The van der Waals surface area contributed by atoms with Crippen molar-refractivity contribution in [2.45, 2.75) is 26.4 Å². The van der Waals surface area contributed by atoms with Gasteiger partial charge in [0.25, 0.3) is 6.47 Å². The van der Waals surface area contributed by atoms with Crippen LogP contribution in [0.3, 0.4) is 0 Å². The molecule has 0 heterocycles. The van der Waals surface area contributed by atoms with E-state index in [1.54, 1.807) is 0 Å². The van der Waals surface area contributed by atoms with Crippen molar-refractivity contribution in [1.82, 2.24) is 0 Å². The average Bonchev–Trinajstić information content (AvgIpc) is 1.64. The number of hydrogen-bond acceptors (Lipinski definition) is 2. The summed E-state index contributed by atoms with van der Waals surface area (Å²) in [5, 5.41) is 0. The van der Waals surface area contributed by atoms with Gasteiger partial charge >= 0.3 is 0 Å². The molecule has 2 nitrogen and oxygen atoms in total. The summed E-state index contributed by atoms with van der Waals surface area (Å²) < 4.78 is 4.70. The van der Waals surface area contributed by atoms with Gasteiger partial charge in [-0.3, -0.25) is 4.79 Å². The topological polar surface area (TPSA) is 26.3 Å². The van der Waals surface area contributed by atoms with Crippen LogP contribution in [0, 0.1) is 0 Å². The molecule has 0 bridgehead atoms. The molecule has 0 N–H and O–H groups in total. The molecule has 0 aromatic carbocycles. The first kappa shape index (κ1) is 8.21. The number of allylic oxidation sites excluding steroid dienone is 1. The van der Waals surface area contributed by atoms with Crippen LogP contribution >= 0.6 is 0 Å². The van der Waals surface area contributed by atoms with Gasteiger partial charge in [-0.1, -0.05) is 6.08 Å². The van der Waals surface area contributed by atoms with Crippen LogP contribution in [0.25, 0.3) is 0 Å². The highest BCUT2D eigenvalue weighted by Gasteiger charge is 2.11. The first-order valence-electron chi connectivity index (χ1n) is 2.87. The van der Waals surface area contributed by atoms with Crippen LogP contribution in [0.1, 0.15) is 20.8 Å². The Balaban J connectivity index is 3.84. The lowest BCUT2D eigenvalue weighted by molar-refractivity contribution is -0.136. The number of hydrogen-bond donors (Lipinski definition) is 0. The Bertz CT molecular complexity index is 114.